The third kappa shape index (κ3) is 4.12. The van der Waals surface area contributed by atoms with Crippen molar-refractivity contribution in [2.24, 2.45) is 0 Å². The van der Waals surface area contributed by atoms with E-state index in [1.54, 1.807) is 6.07 Å². The lowest BCUT2D eigenvalue weighted by molar-refractivity contribution is 0.306. The van der Waals surface area contributed by atoms with Crippen LogP contribution in [0, 0.1) is 0 Å². The molecular weight excluding hydrogens is 384 g/mol. The Kier molecular flexibility index (Phi) is 5.07. The Morgan fingerprint density at radius 3 is 2.00 bits per heavy atom. The molecule has 0 aliphatic rings. The molecule has 0 fully saturated rings. The van der Waals surface area contributed by atoms with E-state index in [-0.39, 0.29) is 5.63 Å². The molecule has 4 aromatic carbocycles. The van der Waals surface area contributed by atoms with E-state index in [2.05, 4.69) is 36.4 Å². The van der Waals surface area contributed by atoms with E-state index in [1.165, 1.54) is 17.2 Å². The van der Waals surface area contributed by atoms with E-state index >= 15 is 0 Å². The summed E-state index contributed by atoms with van der Waals surface area (Å²) < 4.78 is 11.4. The smallest absolute Gasteiger partial charge is 0.336 e. The first-order chi connectivity index (χ1) is 15.3. The summed E-state index contributed by atoms with van der Waals surface area (Å²) in [6.45, 7) is 0.434. The minimum atomic E-state index is -0.375. The molecule has 0 atom stereocenters. The van der Waals surface area contributed by atoms with E-state index in [9.17, 15) is 4.79 Å². The van der Waals surface area contributed by atoms with Crippen LogP contribution in [-0.2, 0) is 6.61 Å². The summed E-state index contributed by atoms with van der Waals surface area (Å²) in [4.78, 5) is 12.1. The van der Waals surface area contributed by atoms with Crippen LogP contribution in [0.25, 0.3) is 33.2 Å². The second-order valence-electron chi connectivity index (χ2n) is 7.35. The lowest BCUT2D eigenvalue weighted by Crippen LogP contribution is -1.99. The van der Waals surface area contributed by atoms with Gasteiger partial charge in [0.25, 0.3) is 0 Å². The van der Waals surface area contributed by atoms with Crippen molar-refractivity contribution in [3.8, 4) is 28.0 Å². The summed E-state index contributed by atoms with van der Waals surface area (Å²) >= 11 is 0. The Morgan fingerprint density at radius 1 is 0.645 bits per heavy atom. The second kappa shape index (κ2) is 8.33. The molecule has 1 aromatic heterocycles. The Labute approximate surface area is 180 Å². The zero-order chi connectivity index (χ0) is 21.0. The highest BCUT2D eigenvalue weighted by molar-refractivity contribution is 5.93. The molecule has 150 valence electrons. The monoisotopic (exact) mass is 404 g/mol. The molecule has 0 radical (unpaired) electrons. The van der Waals surface area contributed by atoms with Crippen LogP contribution in [-0.4, -0.2) is 0 Å². The number of hydrogen-bond acceptors (Lipinski definition) is 3. The quantitative estimate of drug-likeness (QED) is 0.306. The van der Waals surface area contributed by atoms with Crippen LogP contribution in [0.1, 0.15) is 5.56 Å². The molecular formula is C28H20O3. The van der Waals surface area contributed by atoms with Gasteiger partial charge in [-0.1, -0.05) is 84.9 Å². The summed E-state index contributed by atoms with van der Waals surface area (Å²) in [5.41, 5.74) is 5.41. The van der Waals surface area contributed by atoms with Crippen molar-refractivity contribution in [2.45, 2.75) is 6.61 Å². The fraction of sp³-hybridized carbons (Fsp3) is 0.0357. The standard InChI is InChI=1S/C28H20O3/c29-28-18-26(23-9-5-2-6-10-23)25-16-15-24(17-27(25)31-28)30-19-20-11-13-22(14-12-20)21-7-3-1-4-8-21/h1-18H,19H2. The molecule has 0 aliphatic heterocycles. The van der Waals surface area contributed by atoms with Gasteiger partial charge in [0, 0.05) is 17.5 Å². The normalized spacial score (nSPS) is 10.8. The van der Waals surface area contributed by atoms with E-state index in [0.717, 1.165) is 22.1 Å². The van der Waals surface area contributed by atoms with E-state index in [0.29, 0.717) is 17.9 Å². The zero-order valence-electron chi connectivity index (χ0n) is 16.8. The van der Waals surface area contributed by atoms with E-state index in [1.807, 2.05) is 60.7 Å². The molecule has 0 bridgehead atoms. The maximum absolute atomic E-state index is 12.1. The van der Waals surface area contributed by atoms with Crippen LogP contribution in [0.15, 0.2) is 118 Å². The Bertz CT molecular complexity index is 1370. The number of rotatable bonds is 5. The molecule has 3 heteroatoms. The highest BCUT2D eigenvalue weighted by Gasteiger charge is 2.09. The minimum absolute atomic E-state index is 0.375. The molecule has 0 spiro atoms. The van der Waals surface area contributed by atoms with Crippen LogP contribution < -0.4 is 10.4 Å². The Hall–Kier alpha value is -4.11. The predicted octanol–water partition coefficient (Wildman–Crippen LogP) is 6.71. The Morgan fingerprint density at radius 2 is 1.29 bits per heavy atom. The van der Waals surface area contributed by atoms with Gasteiger partial charge in [-0.25, -0.2) is 4.79 Å². The maximum atomic E-state index is 12.1. The lowest BCUT2D eigenvalue weighted by atomic mass is 10.0. The molecule has 0 aliphatic carbocycles. The van der Waals surface area contributed by atoms with Crippen molar-refractivity contribution in [3.05, 3.63) is 125 Å². The molecule has 0 saturated carbocycles. The SMILES string of the molecule is O=c1cc(-c2ccccc2)c2ccc(OCc3ccc(-c4ccccc4)cc3)cc2o1. The maximum Gasteiger partial charge on any atom is 0.336 e. The predicted molar refractivity (Wildman–Crippen MR) is 124 cm³/mol. The van der Waals surface area contributed by atoms with Crippen molar-refractivity contribution >= 4 is 11.0 Å². The summed E-state index contributed by atoms with van der Waals surface area (Å²) in [7, 11) is 0. The van der Waals surface area contributed by atoms with Crippen molar-refractivity contribution in [1.29, 1.82) is 0 Å². The van der Waals surface area contributed by atoms with Gasteiger partial charge in [-0.3, -0.25) is 0 Å². The van der Waals surface area contributed by atoms with Gasteiger partial charge in [-0.15, -0.1) is 0 Å². The number of benzene rings is 4. The summed E-state index contributed by atoms with van der Waals surface area (Å²) in [6, 6.07) is 35.6. The molecule has 0 unspecified atom stereocenters. The summed E-state index contributed by atoms with van der Waals surface area (Å²) in [5, 5.41) is 0.880. The third-order valence-corrected chi connectivity index (χ3v) is 5.27. The van der Waals surface area contributed by atoms with E-state index < -0.39 is 0 Å². The van der Waals surface area contributed by atoms with Crippen molar-refractivity contribution < 1.29 is 9.15 Å². The van der Waals surface area contributed by atoms with Gasteiger partial charge >= 0.3 is 5.63 Å². The van der Waals surface area contributed by atoms with Gasteiger partial charge in [-0.2, -0.15) is 0 Å². The van der Waals surface area contributed by atoms with Crippen molar-refractivity contribution in [2.75, 3.05) is 0 Å². The van der Waals surface area contributed by atoms with E-state index in [4.69, 9.17) is 9.15 Å². The van der Waals surface area contributed by atoms with Gasteiger partial charge in [-0.05, 0) is 39.9 Å². The molecule has 0 saturated heterocycles. The first kappa shape index (κ1) is 18.9. The van der Waals surface area contributed by atoms with Gasteiger partial charge in [0.15, 0.2) is 0 Å². The second-order valence-corrected chi connectivity index (χ2v) is 7.35. The van der Waals surface area contributed by atoms with Crippen LogP contribution >= 0.6 is 0 Å². The van der Waals surface area contributed by atoms with Crippen LogP contribution in [0.2, 0.25) is 0 Å². The Balaban J connectivity index is 1.37. The first-order valence-electron chi connectivity index (χ1n) is 10.2. The summed E-state index contributed by atoms with van der Waals surface area (Å²) in [5.74, 6) is 0.660. The molecule has 0 amide bonds. The first-order valence-corrected chi connectivity index (χ1v) is 10.2. The van der Waals surface area contributed by atoms with Crippen molar-refractivity contribution in [1.82, 2.24) is 0 Å². The molecule has 31 heavy (non-hydrogen) atoms. The van der Waals surface area contributed by atoms with Gasteiger partial charge in [0.05, 0.1) is 0 Å². The average Bonchev–Trinajstić information content (AvgIpc) is 2.83. The fourth-order valence-electron chi connectivity index (χ4n) is 3.68. The average molecular weight is 404 g/mol. The molecule has 5 aromatic rings. The molecule has 5 rings (SSSR count). The van der Waals surface area contributed by atoms with Crippen LogP contribution in [0.3, 0.4) is 0 Å². The van der Waals surface area contributed by atoms with Crippen molar-refractivity contribution in [3.63, 3.8) is 0 Å². The number of hydrogen-bond donors (Lipinski definition) is 0. The van der Waals surface area contributed by atoms with Crippen LogP contribution in [0.4, 0.5) is 0 Å². The number of fused-ring (bicyclic) bond motifs is 1. The molecule has 3 nitrogen and oxygen atoms in total. The minimum Gasteiger partial charge on any atom is -0.489 e. The highest BCUT2D eigenvalue weighted by atomic mass is 16.5. The third-order valence-electron chi connectivity index (χ3n) is 5.27. The topological polar surface area (TPSA) is 39.4 Å². The van der Waals surface area contributed by atoms with Crippen LogP contribution in [0.5, 0.6) is 5.75 Å². The highest BCUT2D eigenvalue weighted by Crippen LogP contribution is 2.30. The molecule has 1 heterocycles. The summed E-state index contributed by atoms with van der Waals surface area (Å²) in [6.07, 6.45) is 0. The lowest BCUT2D eigenvalue weighted by Gasteiger charge is -2.10. The molecule has 0 N–H and O–H groups in total. The largest absolute Gasteiger partial charge is 0.489 e. The van der Waals surface area contributed by atoms with Gasteiger partial charge in [0.1, 0.15) is 17.9 Å². The fourth-order valence-corrected chi connectivity index (χ4v) is 3.68. The van der Waals surface area contributed by atoms with Gasteiger partial charge in [0.2, 0.25) is 0 Å². The number of ether oxygens (including phenoxy) is 1. The van der Waals surface area contributed by atoms with Gasteiger partial charge < -0.3 is 9.15 Å². The zero-order valence-corrected chi connectivity index (χ0v) is 16.8.